The fourth-order valence-corrected chi connectivity index (χ4v) is 0.850. The molecule has 0 aliphatic rings. The second kappa shape index (κ2) is 3.85. The van der Waals surface area contributed by atoms with Crippen molar-refractivity contribution < 1.29 is 0 Å². The standard InChI is InChI=1S/C8H7ClN2/c1-2-5-10-7-4-3-6-11-8(7)9/h1,3-4,6,10H,5H2. The lowest BCUT2D eigenvalue weighted by atomic mass is 10.4. The lowest BCUT2D eigenvalue weighted by Crippen LogP contribution is -1.99. The predicted octanol–water partition coefficient (Wildman–Crippen LogP) is 1.78. The Bertz CT molecular complexity index is 278. The quantitative estimate of drug-likeness (QED) is 0.535. The van der Waals surface area contributed by atoms with Crippen molar-refractivity contribution in [1.29, 1.82) is 0 Å². The van der Waals surface area contributed by atoms with Crippen molar-refractivity contribution in [3.05, 3.63) is 23.5 Å². The summed E-state index contributed by atoms with van der Waals surface area (Å²) in [5, 5.41) is 3.38. The number of terminal acetylenes is 1. The molecule has 0 aliphatic heterocycles. The molecule has 0 atom stereocenters. The van der Waals surface area contributed by atoms with Crippen LogP contribution in [0.1, 0.15) is 0 Å². The van der Waals surface area contributed by atoms with Gasteiger partial charge < -0.3 is 5.32 Å². The Hall–Kier alpha value is -1.20. The summed E-state index contributed by atoms with van der Waals surface area (Å²) in [6.07, 6.45) is 6.68. The summed E-state index contributed by atoms with van der Waals surface area (Å²) >= 11 is 5.72. The van der Waals surface area contributed by atoms with Gasteiger partial charge in [0.05, 0.1) is 12.2 Å². The van der Waals surface area contributed by atoms with E-state index in [2.05, 4.69) is 16.2 Å². The van der Waals surface area contributed by atoms with Gasteiger partial charge in [0.1, 0.15) is 0 Å². The summed E-state index contributed by atoms with van der Waals surface area (Å²) in [6, 6.07) is 3.62. The zero-order chi connectivity index (χ0) is 8.10. The molecule has 1 N–H and O–H groups in total. The minimum Gasteiger partial charge on any atom is -0.372 e. The summed E-state index contributed by atoms with van der Waals surface area (Å²) in [6.45, 7) is 0.464. The molecule has 0 saturated carbocycles. The molecular weight excluding hydrogens is 160 g/mol. The van der Waals surface area contributed by atoms with Crippen molar-refractivity contribution in [3.63, 3.8) is 0 Å². The third kappa shape index (κ3) is 2.14. The first-order chi connectivity index (χ1) is 5.34. The minimum absolute atomic E-state index is 0.447. The largest absolute Gasteiger partial charge is 0.372 e. The number of rotatable bonds is 2. The Morgan fingerprint density at radius 3 is 3.18 bits per heavy atom. The van der Waals surface area contributed by atoms with Crippen LogP contribution in [0.4, 0.5) is 5.69 Å². The van der Waals surface area contributed by atoms with Crippen LogP contribution in [0.5, 0.6) is 0 Å². The molecule has 1 rings (SSSR count). The van der Waals surface area contributed by atoms with E-state index < -0.39 is 0 Å². The van der Waals surface area contributed by atoms with E-state index in [1.54, 1.807) is 12.3 Å². The van der Waals surface area contributed by atoms with Crippen LogP contribution in [-0.4, -0.2) is 11.5 Å². The summed E-state index contributed by atoms with van der Waals surface area (Å²) in [7, 11) is 0. The molecule has 56 valence electrons. The third-order valence-electron chi connectivity index (χ3n) is 1.14. The van der Waals surface area contributed by atoms with Gasteiger partial charge in [0, 0.05) is 6.20 Å². The van der Waals surface area contributed by atoms with Crippen molar-refractivity contribution in [2.45, 2.75) is 0 Å². The number of aromatic nitrogens is 1. The number of halogens is 1. The van der Waals surface area contributed by atoms with E-state index in [0.29, 0.717) is 11.7 Å². The topological polar surface area (TPSA) is 24.9 Å². The van der Waals surface area contributed by atoms with Gasteiger partial charge in [-0.25, -0.2) is 4.98 Å². The first kappa shape index (κ1) is 7.90. The number of anilines is 1. The first-order valence-corrected chi connectivity index (χ1v) is 3.50. The van der Waals surface area contributed by atoms with Gasteiger partial charge in [0.25, 0.3) is 0 Å². The zero-order valence-electron chi connectivity index (χ0n) is 5.84. The van der Waals surface area contributed by atoms with Crippen LogP contribution in [0.3, 0.4) is 0 Å². The normalized spacial score (nSPS) is 8.73. The lowest BCUT2D eigenvalue weighted by Gasteiger charge is -2.01. The molecule has 0 unspecified atom stereocenters. The van der Waals surface area contributed by atoms with Gasteiger partial charge >= 0.3 is 0 Å². The van der Waals surface area contributed by atoms with E-state index in [0.717, 1.165) is 5.69 Å². The summed E-state index contributed by atoms with van der Waals surface area (Å²) < 4.78 is 0. The Balaban J connectivity index is 2.71. The minimum atomic E-state index is 0.447. The van der Waals surface area contributed by atoms with Gasteiger partial charge in [-0.2, -0.15) is 0 Å². The van der Waals surface area contributed by atoms with Gasteiger partial charge in [-0.1, -0.05) is 17.5 Å². The molecular formula is C8H7ClN2. The van der Waals surface area contributed by atoms with Crippen molar-refractivity contribution in [1.82, 2.24) is 4.98 Å². The van der Waals surface area contributed by atoms with Crippen LogP contribution in [0.15, 0.2) is 18.3 Å². The molecule has 1 heterocycles. The summed E-state index contributed by atoms with van der Waals surface area (Å²) in [5.74, 6) is 2.45. The molecule has 3 heteroatoms. The van der Waals surface area contributed by atoms with Gasteiger partial charge in [0.2, 0.25) is 0 Å². The maximum Gasteiger partial charge on any atom is 0.152 e. The van der Waals surface area contributed by atoms with E-state index in [1.165, 1.54) is 0 Å². The SMILES string of the molecule is C#CCNc1cccnc1Cl. The lowest BCUT2D eigenvalue weighted by molar-refractivity contribution is 1.28. The Morgan fingerprint density at radius 1 is 1.73 bits per heavy atom. The highest BCUT2D eigenvalue weighted by Gasteiger charge is 1.95. The van der Waals surface area contributed by atoms with Crippen LogP contribution >= 0.6 is 11.6 Å². The first-order valence-electron chi connectivity index (χ1n) is 3.12. The van der Waals surface area contributed by atoms with E-state index >= 15 is 0 Å². The number of nitrogens with zero attached hydrogens (tertiary/aromatic N) is 1. The van der Waals surface area contributed by atoms with Crippen molar-refractivity contribution in [2.75, 3.05) is 11.9 Å². The summed E-state index contributed by atoms with van der Waals surface area (Å²) in [5.41, 5.74) is 0.770. The van der Waals surface area contributed by atoms with Crippen LogP contribution < -0.4 is 5.32 Å². The Morgan fingerprint density at radius 2 is 2.55 bits per heavy atom. The molecule has 0 amide bonds. The smallest absolute Gasteiger partial charge is 0.152 e. The molecule has 11 heavy (non-hydrogen) atoms. The second-order valence-electron chi connectivity index (χ2n) is 1.90. The number of hydrogen-bond donors (Lipinski definition) is 1. The van der Waals surface area contributed by atoms with Crippen molar-refractivity contribution in [3.8, 4) is 12.3 Å². The van der Waals surface area contributed by atoms with Crippen LogP contribution in [0.25, 0.3) is 0 Å². The maximum absolute atomic E-state index is 5.72. The predicted molar refractivity (Wildman–Crippen MR) is 46.6 cm³/mol. The number of hydrogen-bond acceptors (Lipinski definition) is 2. The molecule has 0 radical (unpaired) electrons. The number of pyridine rings is 1. The molecule has 2 nitrogen and oxygen atoms in total. The molecule has 0 aromatic carbocycles. The highest BCUT2D eigenvalue weighted by molar-refractivity contribution is 6.31. The van der Waals surface area contributed by atoms with Gasteiger partial charge in [-0.15, -0.1) is 6.42 Å². The zero-order valence-corrected chi connectivity index (χ0v) is 6.60. The molecule has 0 aliphatic carbocycles. The molecule has 0 saturated heterocycles. The van der Waals surface area contributed by atoms with Crippen LogP contribution in [-0.2, 0) is 0 Å². The maximum atomic E-state index is 5.72. The molecule has 1 aromatic rings. The average molecular weight is 167 g/mol. The monoisotopic (exact) mass is 166 g/mol. The van der Waals surface area contributed by atoms with E-state index in [-0.39, 0.29) is 0 Å². The van der Waals surface area contributed by atoms with Gasteiger partial charge in [-0.05, 0) is 12.1 Å². The molecule has 0 spiro atoms. The van der Waals surface area contributed by atoms with Gasteiger partial charge in [0.15, 0.2) is 5.15 Å². The fourth-order valence-electron chi connectivity index (χ4n) is 0.664. The average Bonchev–Trinajstić information content (AvgIpc) is 2.03. The third-order valence-corrected chi connectivity index (χ3v) is 1.44. The van der Waals surface area contributed by atoms with Crippen molar-refractivity contribution in [2.24, 2.45) is 0 Å². The molecule has 0 bridgehead atoms. The van der Waals surface area contributed by atoms with E-state index in [9.17, 15) is 0 Å². The van der Waals surface area contributed by atoms with Crippen molar-refractivity contribution >= 4 is 17.3 Å². The summed E-state index contributed by atoms with van der Waals surface area (Å²) in [4.78, 5) is 3.87. The molecule has 0 fully saturated rings. The Labute approximate surface area is 70.6 Å². The second-order valence-corrected chi connectivity index (χ2v) is 2.26. The van der Waals surface area contributed by atoms with Crippen LogP contribution in [0.2, 0.25) is 5.15 Å². The van der Waals surface area contributed by atoms with Crippen LogP contribution in [0, 0.1) is 12.3 Å². The highest BCUT2D eigenvalue weighted by atomic mass is 35.5. The Kier molecular flexibility index (Phi) is 2.76. The molecule has 1 aromatic heterocycles. The van der Waals surface area contributed by atoms with E-state index in [4.69, 9.17) is 18.0 Å². The highest BCUT2D eigenvalue weighted by Crippen LogP contribution is 2.16. The van der Waals surface area contributed by atoms with Gasteiger partial charge in [-0.3, -0.25) is 0 Å². The van der Waals surface area contributed by atoms with E-state index in [1.807, 2.05) is 6.07 Å². The fraction of sp³-hybridized carbons (Fsp3) is 0.125. The number of nitrogens with one attached hydrogen (secondary N) is 1.